The molecule has 0 bridgehead atoms. The Bertz CT molecular complexity index is 978. The second kappa shape index (κ2) is 7.12. The summed E-state index contributed by atoms with van der Waals surface area (Å²) in [7, 11) is 0. The number of amides is 2. The molecule has 3 N–H and O–H groups in total. The standard InChI is InChI=1S/C17H18N4O4S/c1-8-13(26-7-20-8)6-24-14-4-11-12(5-19-14)25-10(3)15(11)17(23)21-9(2)16(18)22/h4-5,7,9H,6H2,1-3H3,(H2,18,22)(H,21,23). The zero-order valence-corrected chi connectivity index (χ0v) is 15.3. The van der Waals surface area contributed by atoms with E-state index in [4.69, 9.17) is 14.9 Å². The maximum absolute atomic E-state index is 12.5. The van der Waals surface area contributed by atoms with Crippen molar-refractivity contribution >= 4 is 34.1 Å². The lowest BCUT2D eigenvalue weighted by molar-refractivity contribution is -0.119. The Kier molecular flexibility index (Phi) is 4.90. The van der Waals surface area contributed by atoms with Gasteiger partial charge in [0.05, 0.1) is 27.8 Å². The molecule has 0 spiro atoms. The monoisotopic (exact) mass is 374 g/mol. The molecule has 3 aromatic heterocycles. The van der Waals surface area contributed by atoms with E-state index in [1.165, 1.54) is 24.5 Å². The van der Waals surface area contributed by atoms with Crippen LogP contribution in [0, 0.1) is 13.8 Å². The van der Waals surface area contributed by atoms with Crippen molar-refractivity contribution in [3.05, 3.63) is 39.7 Å². The first-order valence-electron chi connectivity index (χ1n) is 7.88. The molecule has 0 saturated heterocycles. The van der Waals surface area contributed by atoms with Gasteiger partial charge >= 0.3 is 0 Å². The Balaban J connectivity index is 1.87. The number of carbonyl (C=O) groups excluding carboxylic acids is 2. The number of nitrogens with one attached hydrogen (secondary N) is 1. The zero-order valence-electron chi connectivity index (χ0n) is 14.5. The van der Waals surface area contributed by atoms with Gasteiger partial charge in [-0.1, -0.05) is 0 Å². The van der Waals surface area contributed by atoms with E-state index in [0.717, 1.165) is 10.6 Å². The average molecular weight is 374 g/mol. The van der Waals surface area contributed by atoms with E-state index in [1.807, 2.05) is 6.92 Å². The minimum atomic E-state index is -0.793. The van der Waals surface area contributed by atoms with Crippen LogP contribution in [0.5, 0.6) is 5.88 Å². The van der Waals surface area contributed by atoms with E-state index >= 15 is 0 Å². The van der Waals surface area contributed by atoms with Crippen LogP contribution >= 0.6 is 11.3 Å². The highest BCUT2D eigenvalue weighted by atomic mass is 32.1. The van der Waals surface area contributed by atoms with Crippen LogP contribution < -0.4 is 15.8 Å². The Morgan fingerprint density at radius 2 is 2.15 bits per heavy atom. The van der Waals surface area contributed by atoms with Crippen molar-refractivity contribution in [2.45, 2.75) is 33.4 Å². The Labute approximate surface area is 153 Å². The van der Waals surface area contributed by atoms with Gasteiger partial charge in [0.2, 0.25) is 11.8 Å². The largest absolute Gasteiger partial charge is 0.472 e. The van der Waals surface area contributed by atoms with Crippen LogP contribution in [-0.2, 0) is 11.4 Å². The van der Waals surface area contributed by atoms with E-state index < -0.39 is 17.9 Å². The summed E-state index contributed by atoms with van der Waals surface area (Å²) in [6.07, 6.45) is 1.51. The van der Waals surface area contributed by atoms with Gasteiger partial charge < -0.3 is 20.2 Å². The molecule has 1 atom stereocenters. The van der Waals surface area contributed by atoms with Gasteiger partial charge in [-0.3, -0.25) is 9.59 Å². The third-order valence-electron chi connectivity index (χ3n) is 3.92. The number of nitrogens with two attached hydrogens (primary N) is 1. The fourth-order valence-electron chi connectivity index (χ4n) is 2.41. The quantitative estimate of drug-likeness (QED) is 0.681. The number of aromatic nitrogens is 2. The number of pyridine rings is 1. The normalized spacial score (nSPS) is 12.1. The summed E-state index contributed by atoms with van der Waals surface area (Å²) in [5.74, 6) is -0.271. The van der Waals surface area contributed by atoms with Gasteiger partial charge in [0.25, 0.3) is 5.91 Å². The minimum absolute atomic E-state index is 0.328. The van der Waals surface area contributed by atoms with Crippen molar-refractivity contribution in [3.63, 3.8) is 0 Å². The number of hydrogen-bond donors (Lipinski definition) is 2. The van der Waals surface area contributed by atoms with Crippen LogP contribution in [0.1, 0.15) is 33.6 Å². The SMILES string of the molecule is Cc1ncsc1COc1cc2c(C(=O)NC(C)C(N)=O)c(C)oc2cn1. The first-order valence-corrected chi connectivity index (χ1v) is 8.76. The van der Waals surface area contributed by atoms with Crippen molar-refractivity contribution in [1.29, 1.82) is 0 Å². The summed E-state index contributed by atoms with van der Waals surface area (Å²) in [5.41, 5.74) is 8.66. The van der Waals surface area contributed by atoms with Crippen LogP contribution in [0.25, 0.3) is 11.0 Å². The second-order valence-corrected chi connectivity index (χ2v) is 6.74. The van der Waals surface area contributed by atoms with Gasteiger partial charge in [-0.05, 0) is 20.8 Å². The van der Waals surface area contributed by atoms with Gasteiger partial charge in [-0.25, -0.2) is 9.97 Å². The number of ether oxygens (including phenoxy) is 1. The highest BCUT2D eigenvalue weighted by Crippen LogP contribution is 2.28. The van der Waals surface area contributed by atoms with Crippen LogP contribution in [0.2, 0.25) is 0 Å². The summed E-state index contributed by atoms with van der Waals surface area (Å²) < 4.78 is 11.3. The van der Waals surface area contributed by atoms with Gasteiger partial charge in [0.15, 0.2) is 5.58 Å². The highest BCUT2D eigenvalue weighted by molar-refractivity contribution is 7.09. The molecule has 9 heteroatoms. The Morgan fingerprint density at radius 1 is 1.38 bits per heavy atom. The number of aryl methyl sites for hydroxylation is 2. The summed E-state index contributed by atoms with van der Waals surface area (Å²) in [5, 5.41) is 3.11. The molecule has 3 rings (SSSR count). The number of hydrogen-bond acceptors (Lipinski definition) is 7. The molecule has 136 valence electrons. The summed E-state index contributed by atoms with van der Waals surface area (Å²) in [6, 6.07) is 0.852. The molecule has 0 aliphatic heterocycles. The van der Waals surface area contributed by atoms with E-state index in [-0.39, 0.29) is 0 Å². The number of thiazole rings is 1. The van der Waals surface area contributed by atoms with Gasteiger partial charge in [-0.2, -0.15) is 0 Å². The van der Waals surface area contributed by atoms with Crippen molar-refractivity contribution in [3.8, 4) is 5.88 Å². The van der Waals surface area contributed by atoms with Crippen LogP contribution in [-0.4, -0.2) is 27.8 Å². The second-order valence-electron chi connectivity index (χ2n) is 5.80. The molecule has 0 aliphatic rings. The number of fused-ring (bicyclic) bond motifs is 1. The fraction of sp³-hybridized carbons (Fsp3) is 0.294. The summed E-state index contributed by atoms with van der Waals surface area (Å²) >= 11 is 1.50. The zero-order chi connectivity index (χ0) is 18.8. The van der Waals surface area contributed by atoms with Crippen molar-refractivity contribution in [2.75, 3.05) is 0 Å². The van der Waals surface area contributed by atoms with Crippen LogP contribution in [0.4, 0.5) is 0 Å². The van der Waals surface area contributed by atoms with Crippen molar-refractivity contribution < 1.29 is 18.7 Å². The number of rotatable bonds is 6. The molecule has 8 nitrogen and oxygen atoms in total. The lowest BCUT2D eigenvalue weighted by Gasteiger charge is -2.10. The number of carbonyl (C=O) groups is 2. The molecule has 0 radical (unpaired) electrons. The predicted molar refractivity (Wildman–Crippen MR) is 96.1 cm³/mol. The lowest BCUT2D eigenvalue weighted by atomic mass is 10.1. The fourth-order valence-corrected chi connectivity index (χ4v) is 3.10. The third kappa shape index (κ3) is 3.52. The molecular formula is C17H18N4O4S. The first-order chi connectivity index (χ1) is 12.4. The summed E-state index contributed by atoms with van der Waals surface area (Å²) in [4.78, 5) is 33.1. The molecule has 26 heavy (non-hydrogen) atoms. The number of furan rings is 1. The molecule has 3 heterocycles. The van der Waals surface area contributed by atoms with E-state index in [0.29, 0.717) is 34.8 Å². The van der Waals surface area contributed by atoms with E-state index in [9.17, 15) is 9.59 Å². The maximum atomic E-state index is 12.5. The summed E-state index contributed by atoms with van der Waals surface area (Å²) in [6.45, 7) is 5.44. The predicted octanol–water partition coefficient (Wildman–Crippen LogP) is 2.08. The lowest BCUT2D eigenvalue weighted by Crippen LogP contribution is -2.42. The van der Waals surface area contributed by atoms with Crippen LogP contribution in [0.15, 0.2) is 22.2 Å². The molecule has 1 unspecified atom stereocenters. The Morgan fingerprint density at radius 3 is 2.81 bits per heavy atom. The molecule has 0 saturated carbocycles. The third-order valence-corrected chi connectivity index (χ3v) is 4.83. The molecule has 0 fully saturated rings. The number of primary amides is 1. The molecular weight excluding hydrogens is 356 g/mol. The maximum Gasteiger partial charge on any atom is 0.256 e. The van der Waals surface area contributed by atoms with Gasteiger partial charge in [-0.15, -0.1) is 11.3 Å². The number of nitrogens with zero attached hydrogens (tertiary/aromatic N) is 2. The topological polar surface area (TPSA) is 120 Å². The van der Waals surface area contributed by atoms with E-state index in [2.05, 4.69) is 15.3 Å². The van der Waals surface area contributed by atoms with Gasteiger partial charge in [0, 0.05) is 11.5 Å². The van der Waals surface area contributed by atoms with Crippen molar-refractivity contribution in [1.82, 2.24) is 15.3 Å². The minimum Gasteiger partial charge on any atom is -0.472 e. The average Bonchev–Trinajstić information content (AvgIpc) is 3.14. The first kappa shape index (κ1) is 17.9. The van der Waals surface area contributed by atoms with E-state index in [1.54, 1.807) is 18.5 Å². The van der Waals surface area contributed by atoms with Gasteiger partial charge in [0.1, 0.15) is 18.4 Å². The highest BCUT2D eigenvalue weighted by Gasteiger charge is 2.22. The molecule has 0 aromatic carbocycles. The van der Waals surface area contributed by atoms with Crippen molar-refractivity contribution in [2.24, 2.45) is 5.73 Å². The molecule has 0 aliphatic carbocycles. The molecule has 2 amide bonds. The Hall–Kier alpha value is -2.94. The smallest absolute Gasteiger partial charge is 0.256 e. The molecule has 3 aromatic rings. The van der Waals surface area contributed by atoms with Crippen LogP contribution in [0.3, 0.4) is 0 Å².